The summed E-state index contributed by atoms with van der Waals surface area (Å²) in [5, 5.41) is 9.15. The summed E-state index contributed by atoms with van der Waals surface area (Å²) >= 11 is 0. The lowest BCUT2D eigenvalue weighted by atomic mass is 10.0. The van der Waals surface area contributed by atoms with E-state index >= 15 is 0 Å². The molecule has 1 N–H and O–H groups in total. The Morgan fingerprint density at radius 1 is 1.70 bits per heavy atom. The van der Waals surface area contributed by atoms with Crippen molar-refractivity contribution < 1.29 is 14.6 Å². The summed E-state index contributed by atoms with van der Waals surface area (Å²) in [5.74, 6) is -0.480. The van der Waals surface area contributed by atoms with Gasteiger partial charge in [-0.15, -0.1) is 0 Å². The fourth-order valence-electron chi connectivity index (χ4n) is 1.46. The van der Waals surface area contributed by atoms with Gasteiger partial charge in [0.05, 0.1) is 0 Å². The highest BCUT2D eigenvalue weighted by atomic mass is 16.6. The molecular formula is C7H8O3. The Hall–Kier alpha value is -0.830. The van der Waals surface area contributed by atoms with Gasteiger partial charge in [-0.2, -0.15) is 0 Å². The first-order valence-corrected chi connectivity index (χ1v) is 3.34. The molecule has 0 bridgehead atoms. The van der Waals surface area contributed by atoms with E-state index in [0.717, 1.165) is 6.42 Å². The standard InChI is InChI=1S/C7H8O3/c8-6-4-2-1-3-5(4)10-7(6)9/h1,3-6,8H,2H2/t4?,5?,6-/m0/s1. The van der Waals surface area contributed by atoms with Crippen LogP contribution in [0.15, 0.2) is 12.2 Å². The molecule has 1 aliphatic heterocycles. The molecule has 3 nitrogen and oxygen atoms in total. The highest BCUT2D eigenvalue weighted by Crippen LogP contribution is 2.31. The molecular weight excluding hydrogens is 132 g/mol. The minimum Gasteiger partial charge on any atom is -0.456 e. The fraction of sp³-hybridized carbons (Fsp3) is 0.571. The molecule has 3 heteroatoms. The molecule has 0 saturated carbocycles. The summed E-state index contributed by atoms with van der Waals surface area (Å²) in [7, 11) is 0. The Kier molecular flexibility index (Phi) is 1.08. The molecule has 2 unspecified atom stereocenters. The Labute approximate surface area is 58.3 Å². The van der Waals surface area contributed by atoms with Crippen LogP contribution in [-0.4, -0.2) is 23.3 Å². The molecule has 54 valence electrons. The third-order valence-electron chi connectivity index (χ3n) is 2.06. The number of carbonyl (C=O) groups is 1. The van der Waals surface area contributed by atoms with Gasteiger partial charge in [-0.05, 0) is 12.5 Å². The molecule has 2 aliphatic rings. The smallest absolute Gasteiger partial charge is 0.336 e. The fourth-order valence-corrected chi connectivity index (χ4v) is 1.46. The van der Waals surface area contributed by atoms with Crippen LogP contribution in [0.25, 0.3) is 0 Å². The molecule has 10 heavy (non-hydrogen) atoms. The molecule has 0 spiro atoms. The summed E-state index contributed by atoms with van der Waals surface area (Å²) in [6, 6.07) is 0. The van der Waals surface area contributed by atoms with Gasteiger partial charge < -0.3 is 9.84 Å². The first kappa shape index (κ1) is 5.92. The second-order valence-corrected chi connectivity index (χ2v) is 2.67. The number of esters is 1. The van der Waals surface area contributed by atoms with Crippen molar-refractivity contribution in [1.82, 2.24) is 0 Å². The van der Waals surface area contributed by atoms with E-state index in [2.05, 4.69) is 0 Å². The van der Waals surface area contributed by atoms with Gasteiger partial charge in [-0.25, -0.2) is 4.79 Å². The quantitative estimate of drug-likeness (QED) is 0.376. The van der Waals surface area contributed by atoms with E-state index in [9.17, 15) is 4.79 Å². The zero-order valence-corrected chi connectivity index (χ0v) is 5.36. The van der Waals surface area contributed by atoms with Crippen molar-refractivity contribution in [3.05, 3.63) is 12.2 Å². The number of fused-ring (bicyclic) bond motifs is 1. The molecule has 2 rings (SSSR count). The molecule has 0 radical (unpaired) electrons. The third kappa shape index (κ3) is 0.609. The zero-order valence-electron chi connectivity index (χ0n) is 5.36. The number of rotatable bonds is 0. The number of hydrogen-bond acceptors (Lipinski definition) is 3. The van der Waals surface area contributed by atoms with Gasteiger partial charge in [0.25, 0.3) is 0 Å². The predicted molar refractivity (Wildman–Crippen MR) is 33.1 cm³/mol. The summed E-state index contributed by atoms with van der Waals surface area (Å²) in [6.45, 7) is 0. The van der Waals surface area contributed by atoms with Gasteiger partial charge >= 0.3 is 5.97 Å². The van der Waals surface area contributed by atoms with Crippen LogP contribution in [-0.2, 0) is 9.53 Å². The molecule has 0 aromatic carbocycles. The Bertz CT molecular complexity index is 197. The minimum atomic E-state index is -0.889. The zero-order chi connectivity index (χ0) is 7.14. The molecule has 1 aliphatic carbocycles. The summed E-state index contributed by atoms with van der Waals surface area (Å²) in [4.78, 5) is 10.7. The van der Waals surface area contributed by atoms with Crippen molar-refractivity contribution in [2.45, 2.75) is 18.6 Å². The van der Waals surface area contributed by atoms with Crippen LogP contribution in [0.2, 0.25) is 0 Å². The first-order chi connectivity index (χ1) is 4.79. The molecule has 0 aromatic rings. The lowest BCUT2D eigenvalue weighted by Gasteiger charge is -2.05. The molecule has 1 heterocycles. The SMILES string of the molecule is O=C1OC2C=CCC2[C@@H]1O. The predicted octanol–water partition coefficient (Wildman–Crippen LogP) is -0.151. The van der Waals surface area contributed by atoms with Crippen LogP contribution in [0.1, 0.15) is 6.42 Å². The van der Waals surface area contributed by atoms with Crippen molar-refractivity contribution in [2.75, 3.05) is 0 Å². The summed E-state index contributed by atoms with van der Waals surface area (Å²) < 4.78 is 4.82. The van der Waals surface area contributed by atoms with Gasteiger partial charge in [0.2, 0.25) is 0 Å². The molecule has 1 fully saturated rings. The van der Waals surface area contributed by atoms with Crippen molar-refractivity contribution in [1.29, 1.82) is 0 Å². The number of allylic oxidation sites excluding steroid dienone is 1. The van der Waals surface area contributed by atoms with Crippen LogP contribution >= 0.6 is 0 Å². The van der Waals surface area contributed by atoms with Gasteiger partial charge in [0.15, 0.2) is 6.10 Å². The Morgan fingerprint density at radius 2 is 2.50 bits per heavy atom. The van der Waals surface area contributed by atoms with E-state index in [-0.39, 0.29) is 12.0 Å². The second kappa shape index (κ2) is 1.83. The third-order valence-corrected chi connectivity index (χ3v) is 2.06. The van der Waals surface area contributed by atoms with Gasteiger partial charge in [0, 0.05) is 5.92 Å². The maximum Gasteiger partial charge on any atom is 0.336 e. The summed E-state index contributed by atoms with van der Waals surface area (Å²) in [6.07, 6.45) is 3.49. The Morgan fingerprint density at radius 3 is 3.20 bits per heavy atom. The number of aliphatic hydroxyl groups is 1. The topological polar surface area (TPSA) is 46.5 Å². The first-order valence-electron chi connectivity index (χ1n) is 3.34. The summed E-state index contributed by atoms with van der Waals surface area (Å²) in [5.41, 5.74) is 0. The van der Waals surface area contributed by atoms with E-state index < -0.39 is 12.1 Å². The van der Waals surface area contributed by atoms with Crippen molar-refractivity contribution in [3.8, 4) is 0 Å². The highest BCUT2D eigenvalue weighted by molar-refractivity contribution is 5.77. The average Bonchev–Trinajstić information content (AvgIpc) is 2.41. The largest absolute Gasteiger partial charge is 0.456 e. The normalized spacial score (nSPS) is 43.7. The van der Waals surface area contributed by atoms with E-state index in [0.29, 0.717) is 0 Å². The van der Waals surface area contributed by atoms with Crippen molar-refractivity contribution in [2.24, 2.45) is 5.92 Å². The lowest BCUT2D eigenvalue weighted by Crippen LogP contribution is -2.21. The van der Waals surface area contributed by atoms with Crippen LogP contribution in [0.4, 0.5) is 0 Å². The maximum absolute atomic E-state index is 10.7. The number of aliphatic hydroxyl groups excluding tert-OH is 1. The lowest BCUT2D eigenvalue weighted by molar-refractivity contribution is -0.146. The van der Waals surface area contributed by atoms with Crippen LogP contribution in [0.3, 0.4) is 0 Å². The van der Waals surface area contributed by atoms with Crippen LogP contribution in [0.5, 0.6) is 0 Å². The number of carbonyl (C=O) groups excluding carboxylic acids is 1. The van der Waals surface area contributed by atoms with Crippen LogP contribution < -0.4 is 0 Å². The number of ether oxygens (including phenoxy) is 1. The molecule has 0 amide bonds. The number of hydrogen-bond donors (Lipinski definition) is 1. The highest BCUT2D eigenvalue weighted by Gasteiger charge is 2.43. The van der Waals surface area contributed by atoms with Gasteiger partial charge in [-0.3, -0.25) is 0 Å². The molecule has 3 atom stereocenters. The Balaban J connectivity index is 2.22. The van der Waals surface area contributed by atoms with E-state index in [1.165, 1.54) is 0 Å². The van der Waals surface area contributed by atoms with E-state index in [4.69, 9.17) is 9.84 Å². The van der Waals surface area contributed by atoms with Crippen molar-refractivity contribution >= 4 is 5.97 Å². The maximum atomic E-state index is 10.7. The van der Waals surface area contributed by atoms with Crippen LogP contribution in [0, 0.1) is 5.92 Å². The average molecular weight is 140 g/mol. The minimum absolute atomic E-state index is 0.00694. The monoisotopic (exact) mass is 140 g/mol. The van der Waals surface area contributed by atoms with Gasteiger partial charge in [0.1, 0.15) is 6.10 Å². The van der Waals surface area contributed by atoms with E-state index in [1.54, 1.807) is 0 Å². The van der Waals surface area contributed by atoms with Gasteiger partial charge in [-0.1, -0.05) is 6.08 Å². The van der Waals surface area contributed by atoms with Crippen molar-refractivity contribution in [3.63, 3.8) is 0 Å². The molecule has 0 aromatic heterocycles. The van der Waals surface area contributed by atoms with E-state index in [1.807, 2.05) is 12.2 Å². The second-order valence-electron chi connectivity index (χ2n) is 2.67. The molecule has 1 saturated heterocycles.